The smallest absolute Gasteiger partial charge is 0.419 e. The van der Waals surface area contributed by atoms with E-state index in [-0.39, 0.29) is 42.9 Å². The van der Waals surface area contributed by atoms with Crippen LogP contribution in [0.25, 0.3) is 0 Å². The van der Waals surface area contributed by atoms with Gasteiger partial charge in [-0.1, -0.05) is 12.1 Å². The van der Waals surface area contributed by atoms with Crippen molar-refractivity contribution >= 4 is 23.7 Å². The summed E-state index contributed by atoms with van der Waals surface area (Å²) in [4.78, 5) is 41.1. The van der Waals surface area contributed by atoms with E-state index in [4.69, 9.17) is 9.84 Å². The molecular formula is C29H33F3N6O4. The fourth-order valence-electron chi connectivity index (χ4n) is 4.75. The minimum atomic E-state index is -4.66. The number of benzene rings is 1. The Bertz CT molecular complexity index is 1400. The van der Waals surface area contributed by atoms with E-state index in [1.165, 1.54) is 12.5 Å². The summed E-state index contributed by atoms with van der Waals surface area (Å²) < 4.78 is 46.6. The molecule has 10 nitrogen and oxygen atoms in total. The number of carboxylic acids is 1. The topological polar surface area (TPSA) is 130 Å². The van der Waals surface area contributed by atoms with Gasteiger partial charge in [0.1, 0.15) is 11.9 Å². The predicted molar refractivity (Wildman–Crippen MR) is 147 cm³/mol. The van der Waals surface area contributed by atoms with Crippen molar-refractivity contribution in [1.29, 1.82) is 0 Å². The first-order valence-electron chi connectivity index (χ1n) is 13.6. The van der Waals surface area contributed by atoms with Crippen LogP contribution in [-0.2, 0) is 35.0 Å². The van der Waals surface area contributed by atoms with Gasteiger partial charge < -0.3 is 20.1 Å². The Hall–Kier alpha value is -4.29. The first-order chi connectivity index (χ1) is 19.8. The standard InChI is InChI=1S/C29H33F3N6O4/c1-28(2,3)42-27(41)38-12-10-19(11-13-38)18-4-6-21(7-5-18)36-26-34-16-22(29(30,31)32)24(37-26)9-8-23-20(14-25(39)40)15-33-17-35-23/h4-7,15-17,19H,8-14H2,1-3H3,(H,39,40)(H,34,36,37). The number of likely N-dealkylation sites (tertiary alicyclic amines) is 1. The summed E-state index contributed by atoms with van der Waals surface area (Å²) in [5, 5.41) is 12.1. The van der Waals surface area contributed by atoms with Crippen molar-refractivity contribution in [3.63, 3.8) is 0 Å². The third kappa shape index (κ3) is 8.37. The van der Waals surface area contributed by atoms with Crippen LogP contribution in [0.3, 0.4) is 0 Å². The van der Waals surface area contributed by atoms with Gasteiger partial charge in [0, 0.05) is 42.4 Å². The van der Waals surface area contributed by atoms with Gasteiger partial charge in [0.2, 0.25) is 5.95 Å². The maximum absolute atomic E-state index is 13.7. The summed E-state index contributed by atoms with van der Waals surface area (Å²) in [6, 6.07) is 7.52. The number of anilines is 2. The summed E-state index contributed by atoms with van der Waals surface area (Å²) in [6.07, 6.45) is -0.487. The number of carbonyl (C=O) groups excluding carboxylic acids is 1. The van der Waals surface area contributed by atoms with Crippen molar-refractivity contribution in [1.82, 2.24) is 24.8 Å². The maximum Gasteiger partial charge on any atom is 0.419 e. The molecule has 1 aromatic carbocycles. The number of hydrogen-bond donors (Lipinski definition) is 2. The van der Waals surface area contributed by atoms with Crippen LogP contribution in [0.2, 0.25) is 0 Å². The molecule has 0 atom stereocenters. The third-order valence-electron chi connectivity index (χ3n) is 6.78. The van der Waals surface area contributed by atoms with E-state index in [1.54, 1.807) is 4.90 Å². The Kier molecular flexibility index (Phi) is 9.27. The van der Waals surface area contributed by atoms with Gasteiger partial charge in [-0.15, -0.1) is 0 Å². The van der Waals surface area contributed by atoms with Gasteiger partial charge in [0.25, 0.3) is 0 Å². The number of halogens is 3. The van der Waals surface area contributed by atoms with Crippen molar-refractivity contribution in [3.05, 3.63) is 71.1 Å². The average molecular weight is 587 g/mol. The Labute approximate surface area is 241 Å². The van der Waals surface area contributed by atoms with E-state index in [0.717, 1.165) is 24.6 Å². The molecule has 13 heteroatoms. The lowest BCUT2D eigenvalue weighted by Crippen LogP contribution is -2.41. The molecule has 1 fully saturated rings. The highest BCUT2D eigenvalue weighted by molar-refractivity contribution is 5.70. The number of carboxylic acid groups (broad SMARTS) is 1. The maximum atomic E-state index is 13.7. The number of amides is 1. The molecule has 3 heterocycles. The van der Waals surface area contributed by atoms with Crippen LogP contribution in [0, 0.1) is 0 Å². The molecule has 3 aromatic rings. The summed E-state index contributed by atoms with van der Waals surface area (Å²) in [7, 11) is 0. The van der Waals surface area contributed by atoms with Crippen LogP contribution < -0.4 is 5.32 Å². The lowest BCUT2D eigenvalue weighted by atomic mass is 9.89. The lowest BCUT2D eigenvalue weighted by molar-refractivity contribution is -0.139. The Morgan fingerprint density at radius 3 is 2.31 bits per heavy atom. The molecule has 0 spiro atoms. The number of piperidine rings is 1. The second kappa shape index (κ2) is 12.7. The summed E-state index contributed by atoms with van der Waals surface area (Å²) in [6.45, 7) is 6.69. The molecule has 0 radical (unpaired) electrons. The van der Waals surface area contributed by atoms with Crippen LogP contribution in [0.15, 0.2) is 43.0 Å². The van der Waals surface area contributed by atoms with Gasteiger partial charge >= 0.3 is 18.2 Å². The van der Waals surface area contributed by atoms with Crippen molar-refractivity contribution in [2.45, 2.75) is 70.6 Å². The molecule has 2 aromatic heterocycles. The molecule has 0 unspecified atom stereocenters. The largest absolute Gasteiger partial charge is 0.481 e. The SMILES string of the molecule is CC(C)(C)OC(=O)N1CCC(c2ccc(Nc3ncc(C(F)(F)F)c(CCc4ncncc4CC(=O)O)n3)cc2)CC1. The fourth-order valence-corrected chi connectivity index (χ4v) is 4.75. The first kappa shape index (κ1) is 30.7. The number of ether oxygens (including phenoxy) is 1. The van der Waals surface area contributed by atoms with E-state index >= 15 is 0 Å². The van der Waals surface area contributed by atoms with Crippen LogP contribution in [0.4, 0.5) is 29.6 Å². The minimum absolute atomic E-state index is 0.00451. The second-order valence-electron chi connectivity index (χ2n) is 11.1. The molecule has 42 heavy (non-hydrogen) atoms. The minimum Gasteiger partial charge on any atom is -0.481 e. The van der Waals surface area contributed by atoms with E-state index < -0.39 is 23.3 Å². The van der Waals surface area contributed by atoms with Gasteiger partial charge in [0.15, 0.2) is 0 Å². The highest BCUT2D eigenvalue weighted by atomic mass is 19.4. The molecule has 224 valence electrons. The zero-order valence-electron chi connectivity index (χ0n) is 23.6. The van der Waals surface area contributed by atoms with Crippen molar-refractivity contribution in [3.8, 4) is 0 Å². The van der Waals surface area contributed by atoms with Gasteiger partial charge in [-0.05, 0) is 70.1 Å². The molecule has 2 N–H and O–H groups in total. The Balaban J connectivity index is 1.42. The van der Waals surface area contributed by atoms with E-state index in [1.807, 2.05) is 45.0 Å². The normalized spacial score (nSPS) is 14.5. The molecule has 0 aliphatic carbocycles. The Morgan fingerprint density at radius 2 is 1.69 bits per heavy atom. The van der Waals surface area contributed by atoms with Crippen LogP contribution in [0.1, 0.15) is 67.6 Å². The summed E-state index contributed by atoms with van der Waals surface area (Å²) in [5.74, 6) is -0.822. The number of aryl methyl sites for hydroxylation is 2. The van der Waals surface area contributed by atoms with Gasteiger partial charge in [-0.3, -0.25) is 4.79 Å². The number of aliphatic carboxylic acids is 1. The molecular weight excluding hydrogens is 553 g/mol. The summed E-state index contributed by atoms with van der Waals surface area (Å²) >= 11 is 0. The zero-order valence-corrected chi connectivity index (χ0v) is 23.6. The third-order valence-corrected chi connectivity index (χ3v) is 6.78. The zero-order chi connectivity index (χ0) is 30.5. The van der Waals surface area contributed by atoms with Crippen LogP contribution in [-0.4, -0.2) is 60.7 Å². The predicted octanol–water partition coefficient (Wildman–Crippen LogP) is 5.56. The van der Waals surface area contributed by atoms with E-state index in [9.17, 15) is 22.8 Å². The molecule has 0 saturated carbocycles. The molecule has 0 bridgehead atoms. The molecule has 1 aliphatic rings. The lowest BCUT2D eigenvalue weighted by Gasteiger charge is -2.33. The average Bonchev–Trinajstić information content (AvgIpc) is 2.91. The van der Waals surface area contributed by atoms with Crippen molar-refractivity contribution < 1.29 is 32.6 Å². The van der Waals surface area contributed by atoms with Crippen LogP contribution in [0.5, 0.6) is 0 Å². The van der Waals surface area contributed by atoms with Crippen LogP contribution >= 0.6 is 0 Å². The van der Waals surface area contributed by atoms with Crippen molar-refractivity contribution in [2.75, 3.05) is 18.4 Å². The van der Waals surface area contributed by atoms with Gasteiger partial charge in [-0.2, -0.15) is 13.2 Å². The quantitative estimate of drug-likeness (QED) is 0.349. The Morgan fingerprint density at radius 1 is 1.02 bits per heavy atom. The first-order valence-corrected chi connectivity index (χ1v) is 13.6. The summed E-state index contributed by atoms with van der Waals surface area (Å²) in [5.41, 5.74) is 0.651. The highest BCUT2D eigenvalue weighted by Crippen LogP contribution is 2.33. The molecule has 1 amide bonds. The number of nitrogens with one attached hydrogen (secondary N) is 1. The van der Waals surface area contributed by atoms with Gasteiger partial charge in [-0.25, -0.2) is 24.7 Å². The number of hydrogen-bond acceptors (Lipinski definition) is 8. The fraction of sp³-hybridized carbons (Fsp3) is 0.448. The number of aromatic nitrogens is 4. The monoisotopic (exact) mass is 586 g/mol. The number of nitrogens with zero attached hydrogens (tertiary/aromatic N) is 5. The van der Waals surface area contributed by atoms with E-state index in [2.05, 4.69) is 25.3 Å². The molecule has 1 saturated heterocycles. The number of carbonyl (C=O) groups is 2. The number of alkyl halides is 3. The van der Waals surface area contributed by atoms with Gasteiger partial charge in [0.05, 0.1) is 17.7 Å². The molecule has 1 aliphatic heterocycles. The highest BCUT2D eigenvalue weighted by Gasteiger charge is 2.35. The van der Waals surface area contributed by atoms with Crippen molar-refractivity contribution in [2.24, 2.45) is 0 Å². The second-order valence-corrected chi connectivity index (χ2v) is 11.1. The van der Waals surface area contributed by atoms with E-state index in [0.29, 0.717) is 30.0 Å². The molecule has 4 rings (SSSR count). The number of rotatable bonds is 8.